The Kier molecular flexibility index (Phi) is 5.08. The molecule has 1 N–H and O–H groups in total. The van der Waals surface area contributed by atoms with Crippen molar-refractivity contribution in [1.82, 2.24) is 19.7 Å². The van der Waals surface area contributed by atoms with Gasteiger partial charge < -0.3 is 14.4 Å². The van der Waals surface area contributed by atoms with Crippen molar-refractivity contribution in [3.63, 3.8) is 0 Å². The molecule has 0 saturated carbocycles. The van der Waals surface area contributed by atoms with Crippen molar-refractivity contribution in [2.24, 2.45) is 0 Å². The second kappa shape index (κ2) is 7.82. The summed E-state index contributed by atoms with van der Waals surface area (Å²) >= 11 is 0. The van der Waals surface area contributed by atoms with Crippen LogP contribution in [0.5, 0.6) is 5.75 Å². The third-order valence-corrected chi connectivity index (χ3v) is 4.97. The van der Waals surface area contributed by atoms with Gasteiger partial charge in [0, 0.05) is 6.54 Å². The highest BCUT2D eigenvalue weighted by Crippen LogP contribution is 2.22. The van der Waals surface area contributed by atoms with Crippen LogP contribution in [-0.2, 0) is 31.0 Å². The molecule has 28 heavy (non-hydrogen) atoms. The summed E-state index contributed by atoms with van der Waals surface area (Å²) in [6.45, 7) is 3.65. The monoisotopic (exact) mass is 378 g/mol. The Labute approximate surface area is 163 Å². The van der Waals surface area contributed by atoms with E-state index in [4.69, 9.17) is 4.74 Å². The summed E-state index contributed by atoms with van der Waals surface area (Å²) in [5, 5.41) is 17.9. The molecule has 7 heteroatoms. The van der Waals surface area contributed by atoms with Crippen molar-refractivity contribution >= 4 is 5.97 Å². The number of nitrogens with zero attached hydrogens (tertiary/aromatic N) is 4. The number of aliphatic carboxylic acids is 1. The third-order valence-electron chi connectivity index (χ3n) is 4.97. The lowest BCUT2D eigenvalue weighted by atomic mass is 10.1. The zero-order valence-corrected chi connectivity index (χ0v) is 15.7. The van der Waals surface area contributed by atoms with Crippen LogP contribution in [0.4, 0.5) is 0 Å². The van der Waals surface area contributed by atoms with E-state index in [2.05, 4.69) is 10.2 Å². The van der Waals surface area contributed by atoms with Crippen molar-refractivity contribution in [3.05, 3.63) is 77.4 Å². The minimum absolute atomic E-state index is 0.355. The van der Waals surface area contributed by atoms with Gasteiger partial charge in [0.05, 0.1) is 13.1 Å². The fourth-order valence-electron chi connectivity index (χ4n) is 3.47. The van der Waals surface area contributed by atoms with E-state index in [1.807, 2.05) is 71.0 Å². The first-order valence-corrected chi connectivity index (χ1v) is 9.21. The molecule has 2 aromatic carbocycles. The summed E-state index contributed by atoms with van der Waals surface area (Å²) < 4.78 is 7.78. The highest BCUT2D eigenvalue weighted by atomic mass is 16.5. The quantitative estimate of drug-likeness (QED) is 0.710. The number of aromatic nitrogens is 3. The van der Waals surface area contributed by atoms with Crippen LogP contribution in [0.15, 0.2) is 54.6 Å². The third kappa shape index (κ3) is 3.89. The van der Waals surface area contributed by atoms with Gasteiger partial charge in [-0.25, -0.2) is 0 Å². The molecule has 1 aromatic heterocycles. The largest absolute Gasteiger partial charge is 0.489 e. The average Bonchev–Trinajstić information content (AvgIpc) is 3.07. The second-order valence-electron chi connectivity index (χ2n) is 6.95. The van der Waals surface area contributed by atoms with Gasteiger partial charge in [0.15, 0.2) is 0 Å². The topological polar surface area (TPSA) is 80.5 Å². The number of aryl methyl sites for hydroxylation is 1. The van der Waals surface area contributed by atoms with Gasteiger partial charge in [0.2, 0.25) is 0 Å². The Balaban J connectivity index is 1.48. The molecule has 1 aliphatic heterocycles. The van der Waals surface area contributed by atoms with E-state index < -0.39 is 12.0 Å². The van der Waals surface area contributed by atoms with Crippen LogP contribution in [-0.4, -0.2) is 36.8 Å². The van der Waals surface area contributed by atoms with Gasteiger partial charge in [-0.05, 0) is 30.2 Å². The lowest BCUT2D eigenvalue weighted by Crippen LogP contribution is -2.47. The molecule has 1 atom stereocenters. The molecule has 2 heterocycles. The number of carboxylic acids is 1. The summed E-state index contributed by atoms with van der Waals surface area (Å²) in [6.07, 6.45) is 0. The lowest BCUT2D eigenvalue weighted by molar-refractivity contribution is -0.145. The molecule has 3 aromatic rings. The molecule has 4 rings (SSSR count). The minimum atomic E-state index is -0.838. The Bertz CT molecular complexity index is 971. The molecule has 0 fully saturated rings. The van der Waals surface area contributed by atoms with E-state index in [0.29, 0.717) is 26.2 Å². The minimum Gasteiger partial charge on any atom is -0.489 e. The number of carboxylic acid groups (broad SMARTS) is 1. The first-order chi connectivity index (χ1) is 13.6. The van der Waals surface area contributed by atoms with Crippen molar-refractivity contribution in [3.8, 4) is 5.75 Å². The van der Waals surface area contributed by atoms with Gasteiger partial charge in [0.25, 0.3) is 0 Å². The zero-order valence-electron chi connectivity index (χ0n) is 15.7. The van der Waals surface area contributed by atoms with E-state index in [1.54, 1.807) is 0 Å². The summed E-state index contributed by atoms with van der Waals surface area (Å²) in [5.41, 5.74) is 2.10. The molecule has 7 nitrogen and oxygen atoms in total. The lowest BCUT2D eigenvalue weighted by Gasteiger charge is -2.33. The number of carbonyl (C=O) groups is 1. The van der Waals surface area contributed by atoms with Crippen molar-refractivity contribution in [1.29, 1.82) is 0 Å². The number of hydrogen-bond acceptors (Lipinski definition) is 5. The summed E-state index contributed by atoms with van der Waals surface area (Å²) in [5.74, 6) is 1.48. The van der Waals surface area contributed by atoms with Crippen LogP contribution in [0.2, 0.25) is 0 Å². The standard InChI is InChI=1S/C21H22N4O3/c1-15-22-23-20-13-24(19(21(26)27)12-25(15)20)11-17-8-5-9-18(10-17)28-14-16-6-3-2-4-7-16/h2-10,19H,11-14H2,1H3,(H,26,27). The molecule has 0 spiro atoms. The number of ether oxygens (including phenoxy) is 1. The normalized spacial score (nSPS) is 16.5. The van der Waals surface area contributed by atoms with Gasteiger partial charge in [0.1, 0.15) is 30.0 Å². The van der Waals surface area contributed by atoms with Gasteiger partial charge in [-0.2, -0.15) is 0 Å². The fraction of sp³-hybridized carbons (Fsp3) is 0.286. The first-order valence-electron chi connectivity index (χ1n) is 9.21. The van der Waals surface area contributed by atoms with E-state index >= 15 is 0 Å². The van der Waals surface area contributed by atoms with Gasteiger partial charge >= 0.3 is 5.97 Å². The molecule has 0 bridgehead atoms. The smallest absolute Gasteiger partial charge is 0.322 e. The number of benzene rings is 2. The maximum atomic E-state index is 11.8. The van der Waals surface area contributed by atoms with Crippen molar-refractivity contribution in [2.75, 3.05) is 0 Å². The SMILES string of the molecule is Cc1nnc2n1CC(C(=O)O)N(Cc1cccc(OCc3ccccc3)c1)C2. The van der Waals surface area contributed by atoms with Gasteiger partial charge in [-0.15, -0.1) is 10.2 Å². The van der Waals surface area contributed by atoms with E-state index in [0.717, 1.165) is 28.5 Å². The molecule has 144 valence electrons. The highest BCUT2D eigenvalue weighted by molar-refractivity contribution is 5.73. The predicted octanol–water partition coefficient (Wildman–Crippen LogP) is 2.63. The maximum Gasteiger partial charge on any atom is 0.322 e. The average molecular weight is 378 g/mol. The van der Waals surface area contributed by atoms with E-state index in [1.165, 1.54) is 0 Å². The van der Waals surface area contributed by atoms with Gasteiger partial charge in [-0.3, -0.25) is 9.69 Å². The molecule has 0 saturated heterocycles. The first kappa shape index (κ1) is 18.2. The van der Waals surface area contributed by atoms with Crippen molar-refractivity contribution < 1.29 is 14.6 Å². The second-order valence-corrected chi connectivity index (χ2v) is 6.95. The molecular weight excluding hydrogens is 356 g/mol. The van der Waals surface area contributed by atoms with Crippen LogP contribution in [0.1, 0.15) is 22.8 Å². The Hall–Kier alpha value is -3.19. The van der Waals surface area contributed by atoms with Crippen LogP contribution in [0.25, 0.3) is 0 Å². The molecular formula is C21H22N4O3. The van der Waals surface area contributed by atoms with Crippen LogP contribution in [0.3, 0.4) is 0 Å². The highest BCUT2D eigenvalue weighted by Gasteiger charge is 2.33. The Morgan fingerprint density at radius 3 is 2.71 bits per heavy atom. The van der Waals surface area contributed by atoms with Gasteiger partial charge in [-0.1, -0.05) is 42.5 Å². The molecule has 0 amide bonds. The number of rotatable bonds is 6. The predicted molar refractivity (Wildman–Crippen MR) is 103 cm³/mol. The summed E-state index contributed by atoms with van der Waals surface area (Å²) in [4.78, 5) is 13.7. The van der Waals surface area contributed by atoms with Crippen LogP contribution >= 0.6 is 0 Å². The number of fused-ring (bicyclic) bond motifs is 1. The summed E-state index contributed by atoms with van der Waals surface area (Å²) in [7, 11) is 0. The zero-order chi connectivity index (χ0) is 19.5. The van der Waals surface area contributed by atoms with Crippen molar-refractivity contribution in [2.45, 2.75) is 39.2 Å². The maximum absolute atomic E-state index is 11.8. The molecule has 0 aliphatic carbocycles. The fourth-order valence-corrected chi connectivity index (χ4v) is 3.47. The van der Waals surface area contributed by atoms with Crippen LogP contribution in [0, 0.1) is 6.92 Å². The molecule has 0 radical (unpaired) electrons. The molecule has 1 unspecified atom stereocenters. The Morgan fingerprint density at radius 2 is 1.93 bits per heavy atom. The van der Waals surface area contributed by atoms with E-state index in [-0.39, 0.29) is 0 Å². The summed E-state index contributed by atoms with van der Waals surface area (Å²) in [6, 6.07) is 17.2. The number of hydrogen-bond donors (Lipinski definition) is 1. The molecule has 1 aliphatic rings. The van der Waals surface area contributed by atoms with Crippen LogP contribution < -0.4 is 4.74 Å². The van der Waals surface area contributed by atoms with E-state index in [9.17, 15) is 9.90 Å². The Morgan fingerprint density at radius 1 is 1.14 bits per heavy atom.